The van der Waals surface area contributed by atoms with Gasteiger partial charge >= 0.3 is 0 Å². The third kappa shape index (κ3) is 30.4. The van der Waals surface area contributed by atoms with E-state index in [2.05, 4.69) is 6.92 Å². The Kier molecular flexibility index (Phi) is 34.0. The van der Waals surface area contributed by atoms with Gasteiger partial charge in [-0.2, -0.15) is 0 Å². The zero-order valence-corrected chi connectivity index (χ0v) is 21.8. The molecule has 0 spiro atoms. The average molecular weight is 447 g/mol. The molecule has 0 rings (SSSR count). The van der Waals surface area contributed by atoms with Gasteiger partial charge in [-0.05, 0) is 6.42 Å². The second-order valence-electron chi connectivity index (χ2n) is 9.56. The van der Waals surface area contributed by atoms with Gasteiger partial charge < -0.3 is 5.11 Å². The predicted octanol–water partition coefficient (Wildman–Crippen LogP) is 10.6. The van der Waals surface area contributed by atoms with Crippen molar-refractivity contribution in [2.45, 2.75) is 174 Å². The van der Waals surface area contributed by atoms with Crippen LogP contribution in [0.4, 0.5) is 0 Å². The van der Waals surface area contributed by atoms with Gasteiger partial charge in [0.1, 0.15) is 0 Å². The van der Waals surface area contributed by atoms with E-state index >= 15 is 0 Å². The zero-order valence-electron chi connectivity index (χ0n) is 20.9. The molecule has 0 aromatic carbocycles. The minimum atomic E-state index is 0. The molecule has 0 aliphatic rings. The third-order valence-corrected chi connectivity index (χ3v) is 6.51. The minimum absolute atomic E-state index is 0. The molecule has 0 unspecified atom stereocenters. The number of hydrogen-bond donors (Lipinski definition) is 1. The summed E-state index contributed by atoms with van der Waals surface area (Å²) in [4.78, 5) is 0. The average Bonchev–Trinajstić information content (AvgIpc) is 2.74. The van der Waals surface area contributed by atoms with Gasteiger partial charge in [0.05, 0.1) is 0 Å². The van der Waals surface area contributed by atoms with E-state index in [1.807, 2.05) is 0 Å². The molecular weight excluding hydrogens is 388 g/mol. The highest BCUT2D eigenvalue weighted by atomic mass is 35.5. The maximum absolute atomic E-state index is 8.75. The fraction of sp³-hybridized carbons (Fsp3) is 1.00. The summed E-state index contributed by atoms with van der Waals surface area (Å²) >= 11 is 0. The standard InChI is InChI=1S/C28H58O.ClH/c1-2-3-4-5-6-7-8-9-10-11-12-13-14-15-16-17-18-19-20-21-22-23-24-25-26-27-28-29;/h29H,2-28H2,1H3;1H. The first-order chi connectivity index (χ1) is 14.4. The summed E-state index contributed by atoms with van der Waals surface area (Å²) < 4.78 is 0. The van der Waals surface area contributed by atoms with Crippen molar-refractivity contribution in [3.63, 3.8) is 0 Å². The lowest BCUT2D eigenvalue weighted by molar-refractivity contribution is 0.282. The molecule has 1 nitrogen and oxygen atoms in total. The van der Waals surface area contributed by atoms with E-state index in [1.165, 1.54) is 161 Å². The fourth-order valence-electron chi connectivity index (χ4n) is 4.43. The van der Waals surface area contributed by atoms with E-state index < -0.39 is 0 Å². The fourth-order valence-corrected chi connectivity index (χ4v) is 4.43. The highest BCUT2D eigenvalue weighted by Gasteiger charge is 1.96. The van der Waals surface area contributed by atoms with Crippen LogP contribution in [0.15, 0.2) is 0 Å². The first kappa shape index (κ1) is 32.4. The molecule has 2 heteroatoms. The number of unbranched alkanes of at least 4 members (excludes halogenated alkanes) is 25. The SMILES string of the molecule is CCCCCCCCCCCCCCCCCCCCCCCCCCCCO.Cl. The summed E-state index contributed by atoms with van der Waals surface area (Å²) in [6, 6.07) is 0. The minimum Gasteiger partial charge on any atom is -0.396 e. The lowest BCUT2D eigenvalue weighted by Crippen LogP contribution is -1.85. The number of halogens is 1. The number of hydrogen-bond acceptors (Lipinski definition) is 1. The van der Waals surface area contributed by atoms with Crippen LogP contribution in [0, 0.1) is 0 Å². The third-order valence-electron chi connectivity index (χ3n) is 6.51. The summed E-state index contributed by atoms with van der Waals surface area (Å²) in [6.45, 7) is 2.67. The van der Waals surface area contributed by atoms with Gasteiger partial charge in [-0.3, -0.25) is 0 Å². The van der Waals surface area contributed by atoms with Crippen molar-refractivity contribution in [3.8, 4) is 0 Å². The molecule has 0 aromatic heterocycles. The molecule has 0 bridgehead atoms. The van der Waals surface area contributed by atoms with Crippen molar-refractivity contribution < 1.29 is 5.11 Å². The van der Waals surface area contributed by atoms with Crippen LogP contribution in [0.25, 0.3) is 0 Å². The monoisotopic (exact) mass is 446 g/mol. The molecular formula is C28H59ClO. The molecule has 0 atom stereocenters. The highest BCUT2D eigenvalue weighted by molar-refractivity contribution is 5.85. The molecule has 0 aromatic rings. The highest BCUT2D eigenvalue weighted by Crippen LogP contribution is 2.15. The Hall–Kier alpha value is 0.250. The number of aliphatic hydroxyl groups excluding tert-OH is 1. The molecule has 1 N–H and O–H groups in total. The molecule has 0 heterocycles. The maximum atomic E-state index is 8.75. The largest absolute Gasteiger partial charge is 0.396 e. The van der Waals surface area contributed by atoms with Crippen molar-refractivity contribution in [1.29, 1.82) is 0 Å². The van der Waals surface area contributed by atoms with Crippen molar-refractivity contribution >= 4 is 12.4 Å². The summed E-state index contributed by atoms with van der Waals surface area (Å²) in [7, 11) is 0. The van der Waals surface area contributed by atoms with Crippen LogP contribution in [0.3, 0.4) is 0 Å². The molecule has 0 fully saturated rings. The normalized spacial score (nSPS) is 11.0. The van der Waals surface area contributed by atoms with Crippen molar-refractivity contribution in [1.82, 2.24) is 0 Å². The van der Waals surface area contributed by atoms with Gasteiger partial charge in [0.2, 0.25) is 0 Å². The Labute approximate surface area is 198 Å². The molecule has 0 radical (unpaired) electrons. The van der Waals surface area contributed by atoms with Crippen LogP contribution >= 0.6 is 12.4 Å². The van der Waals surface area contributed by atoms with Crippen LogP contribution in [-0.2, 0) is 0 Å². The van der Waals surface area contributed by atoms with Gasteiger partial charge in [-0.25, -0.2) is 0 Å². The Balaban J connectivity index is 0. The first-order valence-electron chi connectivity index (χ1n) is 14.0. The van der Waals surface area contributed by atoms with E-state index in [0.717, 1.165) is 6.42 Å². The van der Waals surface area contributed by atoms with Crippen LogP contribution in [0.2, 0.25) is 0 Å². The van der Waals surface area contributed by atoms with Crippen LogP contribution in [-0.4, -0.2) is 11.7 Å². The van der Waals surface area contributed by atoms with E-state index in [-0.39, 0.29) is 12.4 Å². The zero-order chi connectivity index (χ0) is 21.1. The van der Waals surface area contributed by atoms with E-state index in [9.17, 15) is 0 Å². The quantitative estimate of drug-likeness (QED) is 0.131. The molecule has 0 saturated carbocycles. The van der Waals surface area contributed by atoms with Crippen LogP contribution in [0.5, 0.6) is 0 Å². The predicted molar refractivity (Wildman–Crippen MR) is 140 cm³/mol. The van der Waals surface area contributed by atoms with Gasteiger partial charge in [-0.15, -0.1) is 12.4 Å². The number of aliphatic hydroxyl groups is 1. The molecule has 0 amide bonds. The maximum Gasteiger partial charge on any atom is 0.0431 e. The first-order valence-corrected chi connectivity index (χ1v) is 14.0. The van der Waals surface area contributed by atoms with Gasteiger partial charge in [0, 0.05) is 6.61 Å². The topological polar surface area (TPSA) is 20.2 Å². The van der Waals surface area contributed by atoms with Gasteiger partial charge in [-0.1, -0.05) is 167 Å². The van der Waals surface area contributed by atoms with Crippen molar-refractivity contribution in [3.05, 3.63) is 0 Å². The summed E-state index contributed by atoms with van der Waals surface area (Å²) in [5, 5.41) is 8.75. The Bertz CT molecular complexity index is 243. The Morgan fingerprint density at radius 2 is 0.467 bits per heavy atom. The van der Waals surface area contributed by atoms with E-state index in [0.29, 0.717) is 6.61 Å². The smallest absolute Gasteiger partial charge is 0.0431 e. The second-order valence-corrected chi connectivity index (χ2v) is 9.56. The summed E-state index contributed by atoms with van der Waals surface area (Å²) in [5.74, 6) is 0. The molecule has 0 aliphatic heterocycles. The lowest BCUT2D eigenvalue weighted by atomic mass is 10.0. The van der Waals surface area contributed by atoms with Crippen LogP contribution < -0.4 is 0 Å². The number of rotatable bonds is 26. The molecule has 0 saturated heterocycles. The van der Waals surface area contributed by atoms with Crippen molar-refractivity contribution in [2.24, 2.45) is 0 Å². The van der Waals surface area contributed by atoms with E-state index in [1.54, 1.807) is 0 Å². The Morgan fingerprint density at radius 3 is 0.633 bits per heavy atom. The second kappa shape index (κ2) is 31.4. The van der Waals surface area contributed by atoms with Gasteiger partial charge in [0.25, 0.3) is 0 Å². The van der Waals surface area contributed by atoms with Crippen molar-refractivity contribution in [2.75, 3.05) is 6.61 Å². The Morgan fingerprint density at radius 1 is 0.300 bits per heavy atom. The molecule has 30 heavy (non-hydrogen) atoms. The van der Waals surface area contributed by atoms with Crippen LogP contribution in [0.1, 0.15) is 174 Å². The summed E-state index contributed by atoms with van der Waals surface area (Å²) in [6.07, 6.45) is 37.1. The van der Waals surface area contributed by atoms with Gasteiger partial charge in [0.15, 0.2) is 0 Å². The summed E-state index contributed by atoms with van der Waals surface area (Å²) in [5.41, 5.74) is 0. The molecule has 184 valence electrons. The lowest BCUT2D eigenvalue weighted by Gasteiger charge is -2.04. The van der Waals surface area contributed by atoms with E-state index in [4.69, 9.17) is 5.11 Å². The molecule has 0 aliphatic carbocycles.